The first-order chi connectivity index (χ1) is 15.4. The van der Waals surface area contributed by atoms with Crippen LogP contribution in [0.25, 0.3) is 11.4 Å². The molecule has 1 atom stereocenters. The van der Waals surface area contributed by atoms with Gasteiger partial charge in [-0.25, -0.2) is 4.79 Å². The second-order valence-electron chi connectivity index (χ2n) is 7.19. The van der Waals surface area contributed by atoms with Crippen LogP contribution in [0.2, 0.25) is 5.02 Å². The summed E-state index contributed by atoms with van der Waals surface area (Å²) in [5.41, 5.74) is 1.99. The lowest BCUT2D eigenvalue weighted by molar-refractivity contribution is -0.125. The standard InChI is InChI=1S/C21H20ClN7O3/c1-2-17(29-26-19(25-27-29)14-6-8-15(22)9-7-14)20(31)24-16-5-3-4-13(10-16)12-28-18(30)11-23-21(28)32/h3-10,17H,2,11-12H2,1H3,(H,23,32)(H,24,31). The molecule has 3 aromatic rings. The zero-order chi connectivity index (χ0) is 22.7. The third-order valence-electron chi connectivity index (χ3n) is 4.97. The molecule has 164 valence electrons. The van der Waals surface area contributed by atoms with Gasteiger partial charge in [-0.2, -0.15) is 4.80 Å². The maximum atomic E-state index is 12.9. The van der Waals surface area contributed by atoms with Crippen LogP contribution in [0.3, 0.4) is 0 Å². The van der Waals surface area contributed by atoms with Crippen LogP contribution >= 0.6 is 11.6 Å². The Morgan fingerprint density at radius 3 is 2.69 bits per heavy atom. The highest BCUT2D eigenvalue weighted by atomic mass is 35.5. The van der Waals surface area contributed by atoms with Crippen LogP contribution in [0.5, 0.6) is 0 Å². The van der Waals surface area contributed by atoms with Gasteiger partial charge in [-0.1, -0.05) is 30.7 Å². The molecule has 0 aliphatic carbocycles. The van der Waals surface area contributed by atoms with E-state index in [-0.39, 0.29) is 24.9 Å². The van der Waals surface area contributed by atoms with E-state index >= 15 is 0 Å². The number of aromatic nitrogens is 4. The Hall–Kier alpha value is -3.79. The van der Waals surface area contributed by atoms with E-state index in [1.165, 1.54) is 4.80 Å². The van der Waals surface area contributed by atoms with E-state index in [4.69, 9.17) is 11.6 Å². The summed E-state index contributed by atoms with van der Waals surface area (Å²) in [4.78, 5) is 38.9. The molecule has 0 saturated carbocycles. The first kappa shape index (κ1) is 21.4. The Bertz CT molecular complexity index is 1150. The fraction of sp³-hybridized carbons (Fsp3) is 0.238. The lowest BCUT2D eigenvalue weighted by Gasteiger charge is -2.15. The molecule has 4 rings (SSSR count). The average molecular weight is 454 g/mol. The van der Waals surface area contributed by atoms with E-state index in [9.17, 15) is 14.4 Å². The molecule has 1 fully saturated rings. The van der Waals surface area contributed by atoms with Crippen LogP contribution in [0, 0.1) is 0 Å². The number of tetrazole rings is 1. The maximum Gasteiger partial charge on any atom is 0.324 e. The van der Waals surface area contributed by atoms with Crippen molar-refractivity contribution in [2.24, 2.45) is 0 Å². The predicted octanol–water partition coefficient (Wildman–Crippen LogP) is 2.64. The molecular weight excluding hydrogens is 434 g/mol. The van der Waals surface area contributed by atoms with E-state index in [2.05, 4.69) is 26.0 Å². The molecule has 0 radical (unpaired) electrons. The number of carbonyl (C=O) groups is 3. The van der Waals surface area contributed by atoms with Crippen LogP contribution < -0.4 is 10.6 Å². The number of hydrogen-bond acceptors (Lipinski definition) is 6. The van der Waals surface area contributed by atoms with Gasteiger partial charge in [0.25, 0.3) is 5.91 Å². The molecule has 0 bridgehead atoms. The van der Waals surface area contributed by atoms with Crippen LogP contribution in [-0.4, -0.2) is 49.5 Å². The van der Waals surface area contributed by atoms with Gasteiger partial charge in [0.15, 0.2) is 6.04 Å². The highest BCUT2D eigenvalue weighted by Crippen LogP contribution is 2.20. The molecule has 2 N–H and O–H groups in total. The van der Waals surface area contributed by atoms with Crippen molar-refractivity contribution in [3.05, 3.63) is 59.1 Å². The lowest BCUT2D eigenvalue weighted by atomic mass is 10.1. The first-order valence-corrected chi connectivity index (χ1v) is 10.4. The molecule has 1 aromatic heterocycles. The topological polar surface area (TPSA) is 122 Å². The minimum atomic E-state index is -0.668. The second-order valence-corrected chi connectivity index (χ2v) is 7.63. The summed E-state index contributed by atoms with van der Waals surface area (Å²) >= 11 is 5.91. The lowest BCUT2D eigenvalue weighted by Crippen LogP contribution is -2.30. The smallest absolute Gasteiger partial charge is 0.324 e. The summed E-state index contributed by atoms with van der Waals surface area (Å²) in [6.07, 6.45) is 0.449. The summed E-state index contributed by atoms with van der Waals surface area (Å²) < 4.78 is 0. The number of imide groups is 1. The van der Waals surface area contributed by atoms with Crippen molar-refractivity contribution in [3.8, 4) is 11.4 Å². The number of urea groups is 1. The molecule has 11 heteroatoms. The van der Waals surface area contributed by atoms with Gasteiger partial charge >= 0.3 is 6.03 Å². The van der Waals surface area contributed by atoms with Crippen molar-refractivity contribution in [1.29, 1.82) is 0 Å². The molecule has 1 aliphatic rings. The van der Waals surface area contributed by atoms with Crippen LogP contribution in [0.15, 0.2) is 48.5 Å². The quantitative estimate of drug-likeness (QED) is 0.530. The normalized spacial score (nSPS) is 14.4. The maximum absolute atomic E-state index is 12.9. The fourth-order valence-corrected chi connectivity index (χ4v) is 3.42. The Kier molecular flexibility index (Phi) is 6.13. The third-order valence-corrected chi connectivity index (χ3v) is 5.22. The Balaban J connectivity index is 1.46. The Labute approximate surface area is 188 Å². The van der Waals surface area contributed by atoms with Gasteiger partial charge in [0.2, 0.25) is 11.7 Å². The average Bonchev–Trinajstić information content (AvgIpc) is 3.38. The second kappa shape index (κ2) is 9.15. The number of carbonyl (C=O) groups excluding carboxylic acids is 3. The minimum Gasteiger partial charge on any atom is -0.329 e. The summed E-state index contributed by atoms with van der Waals surface area (Å²) in [6.45, 7) is 1.97. The van der Waals surface area contributed by atoms with Gasteiger partial charge in [0, 0.05) is 16.3 Å². The number of halogens is 1. The van der Waals surface area contributed by atoms with Gasteiger partial charge in [-0.05, 0) is 53.6 Å². The molecule has 4 amide bonds. The van der Waals surface area contributed by atoms with Gasteiger partial charge < -0.3 is 10.6 Å². The van der Waals surface area contributed by atoms with Gasteiger partial charge in [-0.15, -0.1) is 10.2 Å². The molecule has 1 unspecified atom stereocenters. The SMILES string of the molecule is CCC(C(=O)Nc1cccc(CN2C(=O)CNC2=O)c1)n1nnc(-c2ccc(Cl)cc2)n1. The van der Waals surface area contributed by atoms with E-state index in [0.717, 1.165) is 10.5 Å². The van der Waals surface area contributed by atoms with E-state index in [0.29, 0.717) is 28.5 Å². The van der Waals surface area contributed by atoms with Crippen LogP contribution in [-0.2, 0) is 16.1 Å². The fourth-order valence-electron chi connectivity index (χ4n) is 3.30. The number of hydrogen-bond donors (Lipinski definition) is 2. The van der Waals surface area contributed by atoms with E-state index in [1.807, 2.05) is 6.92 Å². The monoisotopic (exact) mass is 453 g/mol. The Morgan fingerprint density at radius 1 is 1.22 bits per heavy atom. The van der Waals surface area contributed by atoms with Crippen LogP contribution in [0.1, 0.15) is 24.9 Å². The van der Waals surface area contributed by atoms with Crippen molar-refractivity contribution in [2.45, 2.75) is 25.9 Å². The van der Waals surface area contributed by atoms with E-state index in [1.54, 1.807) is 48.5 Å². The molecule has 1 aliphatic heterocycles. The van der Waals surface area contributed by atoms with E-state index < -0.39 is 12.1 Å². The molecule has 10 nitrogen and oxygen atoms in total. The van der Waals surface area contributed by atoms with Crippen molar-refractivity contribution in [3.63, 3.8) is 0 Å². The van der Waals surface area contributed by atoms with Crippen LogP contribution in [0.4, 0.5) is 10.5 Å². The van der Waals surface area contributed by atoms with Crippen molar-refractivity contribution < 1.29 is 14.4 Å². The van der Waals surface area contributed by atoms with Gasteiger partial charge in [-0.3, -0.25) is 14.5 Å². The summed E-state index contributed by atoms with van der Waals surface area (Å²) in [5.74, 6) is -0.201. The summed E-state index contributed by atoms with van der Waals surface area (Å²) in [5, 5.41) is 18.4. The highest BCUT2D eigenvalue weighted by molar-refractivity contribution is 6.30. The van der Waals surface area contributed by atoms with Crippen molar-refractivity contribution in [1.82, 2.24) is 30.4 Å². The number of nitrogens with one attached hydrogen (secondary N) is 2. The highest BCUT2D eigenvalue weighted by Gasteiger charge is 2.28. The zero-order valence-electron chi connectivity index (χ0n) is 17.2. The third kappa shape index (κ3) is 4.59. The van der Waals surface area contributed by atoms with Crippen molar-refractivity contribution in [2.75, 3.05) is 11.9 Å². The summed E-state index contributed by atoms with van der Waals surface area (Å²) in [7, 11) is 0. The number of benzene rings is 2. The number of anilines is 1. The Morgan fingerprint density at radius 2 is 2.00 bits per heavy atom. The molecule has 2 heterocycles. The number of nitrogens with zero attached hydrogens (tertiary/aromatic N) is 5. The molecule has 1 saturated heterocycles. The number of amides is 4. The number of rotatable bonds is 7. The molecule has 2 aromatic carbocycles. The molecule has 0 spiro atoms. The predicted molar refractivity (Wildman–Crippen MR) is 117 cm³/mol. The summed E-state index contributed by atoms with van der Waals surface area (Å²) in [6, 6.07) is 12.9. The van der Waals surface area contributed by atoms with Gasteiger partial charge in [0.05, 0.1) is 13.1 Å². The van der Waals surface area contributed by atoms with Gasteiger partial charge in [0.1, 0.15) is 0 Å². The minimum absolute atomic E-state index is 0.00362. The zero-order valence-corrected chi connectivity index (χ0v) is 17.9. The first-order valence-electron chi connectivity index (χ1n) is 9.98. The molecule has 32 heavy (non-hydrogen) atoms. The molecular formula is C21H20ClN7O3. The van der Waals surface area contributed by atoms with Crippen molar-refractivity contribution >= 4 is 35.1 Å². The largest absolute Gasteiger partial charge is 0.329 e.